The molecule has 1 aliphatic heterocycles. The van der Waals surface area contributed by atoms with E-state index in [1.807, 2.05) is 0 Å². The largest absolute Gasteiger partial charge is 0.313 e. The van der Waals surface area contributed by atoms with E-state index in [2.05, 4.69) is 50.9 Å². The van der Waals surface area contributed by atoms with Crippen molar-refractivity contribution in [1.82, 2.24) is 10.2 Å². The highest BCUT2D eigenvalue weighted by Crippen LogP contribution is 2.29. The molecule has 1 heterocycles. The molecule has 0 radical (unpaired) electrons. The van der Waals surface area contributed by atoms with Crippen LogP contribution in [-0.2, 0) is 0 Å². The van der Waals surface area contributed by atoms with Gasteiger partial charge in [-0.25, -0.2) is 0 Å². The molecule has 1 aliphatic rings. The Labute approximate surface area is 107 Å². The lowest BCUT2D eigenvalue weighted by Crippen LogP contribution is -2.38. The Balaban J connectivity index is 2.25. The second-order valence-electron chi connectivity index (χ2n) is 6.29. The summed E-state index contributed by atoms with van der Waals surface area (Å²) in [5.41, 5.74) is 1.99. The van der Waals surface area contributed by atoms with Gasteiger partial charge in [-0.2, -0.15) is 0 Å². The van der Waals surface area contributed by atoms with Crippen LogP contribution in [0.2, 0.25) is 0 Å². The van der Waals surface area contributed by atoms with Crippen molar-refractivity contribution in [2.24, 2.45) is 5.41 Å². The molecule has 1 rings (SSSR count). The van der Waals surface area contributed by atoms with Crippen LogP contribution in [0.25, 0.3) is 0 Å². The SMILES string of the molecule is CCC(C)NCCN1CC=C(C(C)(C)C)CC1. The first kappa shape index (κ1) is 14.7. The zero-order valence-corrected chi connectivity index (χ0v) is 12.3. The molecule has 0 aromatic heterocycles. The standard InChI is InChI=1S/C15H30N2/c1-6-13(2)16-9-12-17-10-7-14(8-11-17)15(3,4)5/h7,13,16H,6,8-12H2,1-5H3. The minimum Gasteiger partial charge on any atom is -0.313 e. The fourth-order valence-electron chi connectivity index (χ4n) is 2.21. The van der Waals surface area contributed by atoms with Crippen molar-refractivity contribution < 1.29 is 0 Å². The molecule has 1 atom stereocenters. The molecular weight excluding hydrogens is 208 g/mol. The van der Waals surface area contributed by atoms with Crippen molar-refractivity contribution in [3.8, 4) is 0 Å². The maximum absolute atomic E-state index is 3.56. The smallest absolute Gasteiger partial charge is 0.0166 e. The maximum atomic E-state index is 3.56. The van der Waals surface area contributed by atoms with Gasteiger partial charge in [0.1, 0.15) is 0 Å². The van der Waals surface area contributed by atoms with Gasteiger partial charge >= 0.3 is 0 Å². The van der Waals surface area contributed by atoms with Crippen LogP contribution in [0.4, 0.5) is 0 Å². The first-order chi connectivity index (χ1) is 7.93. The lowest BCUT2D eigenvalue weighted by molar-refractivity contribution is 0.274. The van der Waals surface area contributed by atoms with E-state index >= 15 is 0 Å². The molecule has 1 N–H and O–H groups in total. The van der Waals surface area contributed by atoms with Crippen LogP contribution >= 0.6 is 0 Å². The molecule has 17 heavy (non-hydrogen) atoms. The third-order valence-corrected chi connectivity index (χ3v) is 3.79. The van der Waals surface area contributed by atoms with Gasteiger partial charge in [-0.3, -0.25) is 4.90 Å². The Morgan fingerprint density at radius 2 is 2.12 bits per heavy atom. The fourth-order valence-corrected chi connectivity index (χ4v) is 2.21. The Bertz CT molecular complexity index is 250. The summed E-state index contributed by atoms with van der Waals surface area (Å²) in [6.07, 6.45) is 4.90. The summed E-state index contributed by atoms with van der Waals surface area (Å²) in [5, 5.41) is 3.56. The minimum absolute atomic E-state index is 0.362. The predicted molar refractivity (Wildman–Crippen MR) is 76.4 cm³/mol. The van der Waals surface area contributed by atoms with E-state index in [4.69, 9.17) is 0 Å². The van der Waals surface area contributed by atoms with Gasteiger partial charge in [-0.1, -0.05) is 39.3 Å². The number of hydrogen-bond acceptors (Lipinski definition) is 2. The number of hydrogen-bond donors (Lipinski definition) is 1. The average molecular weight is 238 g/mol. The third kappa shape index (κ3) is 5.22. The lowest BCUT2D eigenvalue weighted by Gasteiger charge is -2.32. The van der Waals surface area contributed by atoms with Gasteiger partial charge in [0.2, 0.25) is 0 Å². The van der Waals surface area contributed by atoms with Crippen molar-refractivity contribution in [3.63, 3.8) is 0 Å². The van der Waals surface area contributed by atoms with Gasteiger partial charge in [-0.15, -0.1) is 0 Å². The number of nitrogens with zero attached hydrogens (tertiary/aromatic N) is 1. The highest BCUT2D eigenvalue weighted by molar-refractivity contribution is 5.14. The number of nitrogens with one attached hydrogen (secondary N) is 1. The molecule has 0 fully saturated rings. The van der Waals surface area contributed by atoms with Crippen molar-refractivity contribution in [2.45, 2.75) is 53.5 Å². The molecule has 0 amide bonds. The molecular formula is C15H30N2. The Hall–Kier alpha value is -0.340. The van der Waals surface area contributed by atoms with Crippen molar-refractivity contribution in [2.75, 3.05) is 26.2 Å². The predicted octanol–water partition coefficient (Wildman–Crippen LogP) is 3.05. The van der Waals surface area contributed by atoms with E-state index in [9.17, 15) is 0 Å². The van der Waals surface area contributed by atoms with Crippen molar-refractivity contribution in [3.05, 3.63) is 11.6 Å². The first-order valence-electron chi connectivity index (χ1n) is 7.08. The molecule has 0 spiro atoms. The summed E-state index contributed by atoms with van der Waals surface area (Å²) in [4.78, 5) is 2.55. The lowest BCUT2D eigenvalue weighted by atomic mass is 9.83. The minimum atomic E-state index is 0.362. The summed E-state index contributed by atoms with van der Waals surface area (Å²) in [6, 6.07) is 0.653. The summed E-state index contributed by atoms with van der Waals surface area (Å²) < 4.78 is 0. The highest BCUT2D eigenvalue weighted by Gasteiger charge is 2.20. The molecule has 0 bridgehead atoms. The van der Waals surface area contributed by atoms with Crippen LogP contribution in [0.15, 0.2) is 11.6 Å². The highest BCUT2D eigenvalue weighted by atomic mass is 15.1. The molecule has 0 aromatic carbocycles. The van der Waals surface area contributed by atoms with Crippen LogP contribution in [0, 0.1) is 5.41 Å². The normalized spacial score (nSPS) is 20.2. The molecule has 0 saturated carbocycles. The zero-order chi connectivity index (χ0) is 12.9. The van der Waals surface area contributed by atoms with Crippen LogP contribution in [-0.4, -0.2) is 37.1 Å². The number of rotatable bonds is 5. The molecule has 1 unspecified atom stereocenters. The van der Waals surface area contributed by atoms with E-state index < -0.39 is 0 Å². The third-order valence-electron chi connectivity index (χ3n) is 3.79. The average Bonchev–Trinajstić information content (AvgIpc) is 2.28. The van der Waals surface area contributed by atoms with Gasteiger partial charge in [0.25, 0.3) is 0 Å². The van der Waals surface area contributed by atoms with Gasteiger partial charge in [0.15, 0.2) is 0 Å². The zero-order valence-electron chi connectivity index (χ0n) is 12.3. The van der Waals surface area contributed by atoms with E-state index in [-0.39, 0.29) is 0 Å². The van der Waals surface area contributed by atoms with Gasteiger partial charge in [0.05, 0.1) is 0 Å². The Morgan fingerprint density at radius 1 is 1.41 bits per heavy atom. The van der Waals surface area contributed by atoms with E-state index in [1.54, 1.807) is 5.57 Å². The Morgan fingerprint density at radius 3 is 2.59 bits per heavy atom. The fraction of sp³-hybridized carbons (Fsp3) is 0.867. The first-order valence-corrected chi connectivity index (χ1v) is 7.08. The van der Waals surface area contributed by atoms with Gasteiger partial charge in [-0.05, 0) is 25.2 Å². The molecule has 100 valence electrons. The van der Waals surface area contributed by atoms with Crippen molar-refractivity contribution in [1.29, 1.82) is 0 Å². The van der Waals surface area contributed by atoms with Crippen LogP contribution in [0.3, 0.4) is 0 Å². The van der Waals surface area contributed by atoms with E-state index in [1.165, 1.54) is 25.9 Å². The van der Waals surface area contributed by atoms with E-state index in [0.29, 0.717) is 11.5 Å². The second kappa shape index (κ2) is 6.55. The van der Waals surface area contributed by atoms with Crippen LogP contribution in [0.1, 0.15) is 47.5 Å². The molecule has 2 nitrogen and oxygen atoms in total. The molecule has 0 aromatic rings. The summed E-state index contributed by atoms with van der Waals surface area (Å²) >= 11 is 0. The van der Waals surface area contributed by atoms with Gasteiger partial charge in [0, 0.05) is 32.2 Å². The molecule has 0 saturated heterocycles. The van der Waals surface area contributed by atoms with Crippen molar-refractivity contribution >= 4 is 0 Å². The quantitative estimate of drug-likeness (QED) is 0.741. The topological polar surface area (TPSA) is 15.3 Å². The van der Waals surface area contributed by atoms with Gasteiger partial charge < -0.3 is 5.32 Å². The summed E-state index contributed by atoms with van der Waals surface area (Å²) in [6.45, 7) is 16.1. The maximum Gasteiger partial charge on any atom is 0.0166 e. The van der Waals surface area contributed by atoms with Crippen LogP contribution < -0.4 is 5.32 Å². The Kier molecular flexibility index (Phi) is 5.68. The van der Waals surface area contributed by atoms with Crippen LogP contribution in [0.5, 0.6) is 0 Å². The second-order valence-corrected chi connectivity index (χ2v) is 6.29. The molecule has 2 heteroatoms. The summed E-state index contributed by atoms with van der Waals surface area (Å²) in [5.74, 6) is 0. The van der Waals surface area contributed by atoms with E-state index in [0.717, 1.165) is 13.1 Å². The monoisotopic (exact) mass is 238 g/mol. The molecule has 0 aliphatic carbocycles. The summed E-state index contributed by atoms with van der Waals surface area (Å²) in [7, 11) is 0.